The number of para-hydroxylation sites is 1. The van der Waals surface area contributed by atoms with Crippen LogP contribution >= 0.6 is 0 Å². The lowest BCUT2D eigenvalue weighted by atomic mass is 9.97. The maximum Gasteiger partial charge on any atom is 0.305 e. The van der Waals surface area contributed by atoms with Crippen molar-refractivity contribution >= 4 is 28.7 Å². The van der Waals surface area contributed by atoms with Crippen molar-refractivity contribution in [2.24, 2.45) is 0 Å². The minimum absolute atomic E-state index is 0.0341. The molecule has 2 aliphatic heterocycles. The topological polar surface area (TPSA) is 99.4 Å². The molecule has 2 atom stereocenters. The molecule has 0 aliphatic carbocycles. The van der Waals surface area contributed by atoms with Gasteiger partial charge in [0.25, 0.3) is 0 Å². The van der Waals surface area contributed by atoms with Gasteiger partial charge in [-0.2, -0.15) is 4.98 Å². The highest BCUT2D eigenvalue weighted by molar-refractivity contribution is 6.04. The molecule has 2 aliphatic rings. The Balaban J connectivity index is 1.48. The van der Waals surface area contributed by atoms with Crippen LogP contribution in [0.4, 0.5) is 14.6 Å². The fraction of sp³-hybridized carbons (Fsp3) is 0.269. The van der Waals surface area contributed by atoms with Crippen molar-refractivity contribution in [3.8, 4) is 11.7 Å². The van der Waals surface area contributed by atoms with Crippen LogP contribution in [0.3, 0.4) is 0 Å². The summed E-state index contributed by atoms with van der Waals surface area (Å²) < 4.78 is 40.4. The summed E-state index contributed by atoms with van der Waals surface area (Å²) in [6, 6.07) is 8.28. The van der Waals surface area contributed by atoms with Crippen molar-refractivity contribution in [3.63, 3.8) is 0 Å². The predicted molar refractivity (Wildman–Crippen MR) is 127 cm³/mol. The van der Waals surface area contributed by atoms with E-state index in [4.69, 9.17) is 14.5 Å². The quantitative estimate of drug-likeness (QED) is 0.378. The van der Waals surface area contributed by atoms with Crippen LogP contribution in [0.15, 0.2) is 48.9 Å². The first-order valence-corrected chi connectivity index (χ1v) is 11.8. The van der Waals surface area contributed by atoms with E-state index in [1.54, 1.807) is 33.9 Å². The number of benzene rings is 2. The summed E-state index contributed by atoms with van der Waals surface area (Å²) in [5.74, 6) is -1.67. The number of esters is 1. The number of carbonyl (C=O) groups is 2. The molecule has 0 fully saturated rings. The summed E-state index contributed by atoms with van der Waals surface area (Å²) in [4.78, 5) is 40.7. The Morgan fingerprint density at radius 1 is 1.19 bits per heavy atom. The Morgan fingerprint density at radius 2 is 2.05 bits per heavy atom. The summed E-state index contributed by atoms with van der Waals surface area (Å²) >= 11 is 0. The van der Waals surface area contributed by atoms with Gasteiger partial charge in [0, 0.05) is 36.2 Å². The van der Waals surface area contributed by atoms with Crippen LogP contribution in [-0.2, 0) is 14.3 Å². The standard InChI is InChI=1S/C26H21F2N5O4/c1-36-22(34)8-6-15-17-12-29-26(32-13-30-19-7-5-14(27)11-21(19)32)31-24(17)33(25(15)35)20-9-10-37-23-16(20)3-2-4-18(23)28/h2-5,7,11-13,15,20H,6,8-10H2,1H3. The van der Waals surface area contributed by atoms with E-state index >= 15 is 0 Å². The molecule has 0 saturated heterocycles. The van der Waals surface area contributed by atoms with Crippen molar-refractivity contribution in [1.29, 1.82) is 0 Å². The Kier molecular flexibility index (Phi) is 5.54. The number of imidazole rings is 1. The molecule has 1 amide bonds. The fourth-order valence-electron chi connectivity index (χ4n) is 5.05. The zero-order chi connectivity index (χ0) is 25.7. The number of anilines is 1. The molecule has 0 bridgehead atoms. The number of methoxy groups -OCH3 is 1. The van der Waals surface area contributed by atoms with Crippen LogP contribution in [0.1, 0.15) is 42.3 Å². The molecule has 0 radical (unpaired) electrons. The van der Waals surface area contributed by atoms with E-state index in [0.717, 1.165) is 0 Å². The second-order valence-electron chi connectivity index (χ2n) is 8.88. The number of ether oxygens (including phenoxy) is 2. The zero-order valence-corrected chi connectivity index (χ0v) is 19.7. The normalized spacial score (nSPS) is 18.5. The van der Waals surface area contributed by atoms with Crippen LogP contribution in [0, 0.1) is 11.6 Å². The lowest BCUT2D eigenvalue weighted by molar-refractivity contribution is -0.140. The average molecular weight is 505 g/mol. The van der Waals surface area contributed by atoms with Crippen molar-refractivity contribution in [3.05, 3.63) is 71.7 Å². The van der Waals surface area contributed by atoms with Gasteiger partial charge in [-0.15, -0.1) is 0 Å². The van der Waals surface area contributed by atoms with E-state index in [-0.39, 0.29) is 37.1 Å². The maximum absolute atomic E-state index is 14.5. The number of carbonyl (C=O) groups excluding carboxylic acids is 2. The summed E-state index contributed by atoms with van der Waals surface area (Å²) in [5.41, 5.74) is 2.12. The molecule has 0 saturated carbocycles. The number of aromatic nitrogens is 4. The molecule has 6 rings (SSSR count). The van der Waals surface area contributed by atoms with Gasteiger partial charge in [0.1, 0.15) is 18.0 Å². The van der Waals surface area contributed by atoms with E-state index in [2.05, 4.69) is 9.97 Å². The second kappa shape index (κ2) is 8.91. The molecule has 188 valence electrons. The molecule has 9 nitrogen and oxygen atoms in total. The SMILES string of the molecule is COC(=O)CCC1C(=O)N(C2CCOc3c(F)cccc32)c2nc(-n3cnc4ccc(F)cc43)ncc21. The molecule has 4 aromatic rings. The minimum atomic E-state index is -0.681. The van der Waals surface area contributed by atoms with Gasteiger partial charge in [-0.3, -0.25) is 19.1 Å². The molecular formula is C26H21F2N5O4. The third-order valence-corrected chi connectivity index (χ3v) is 6.82. The molecule has 0 N–H and O–H groups in total. The van der Waals surface area contributed by atoms with Gasteiger partial charge < -0.3 is 9.47 Å². The van der Waals surface area contributed by atoms with Gasteiger partial charge in [0.05, 0.1) is 36.7 Å². The Labute approximate surface area is 209 Å². The smallest absolute Gasteiger partial charge is 0.305 e. The third kappa shape index (κ3) is 3.78. The first kappa shape index (κ1) is 23.0. The van der Waals surface area contributed by atoms with E-state index in [0.29, 0.717) is 34.4 Å². The van der Waals surface area contributed by atoms with Crippen LogP contribution in [-0.4, -0.2) is 45.1 Å². The summed E-state index contributed by atoms with van der Waals surface area (Å²) in [6.07, 6.45) is 3.70. The van der Waals surface area contributed by atoms with Crippen molar-refractivity contribution in [2.75, 3.05) is 18.6 Å². The molecule has 2 unspecified atom stereocenters. The van der Waals surface area contributed by atoms with Crippen LogP contribution in [0.25, 0.3) is 17.0 Å². The van der Waals surface area contributed by atoms with E-state index < -0.39 is 29.6 Å². The fourth-order valence-corrected chi connectivity index (χ4v) is 5.05. The van der Waals surface area contributed by atoms with Gasteiger partial charge in [-0.05, 0) is 24.6 Å². The van der Waals surface area contributed by atoms with Crippen molar-refractivity contribution in [1.82, 2.24) is 19.5 Å². The zero-order valence-electron chi connectivity index (χ0n) is 19.7. The Bertz CT molecular complexity index is 1560. The first-order chi connectivity index (χ1) is 18.0. The van der Waals surface area contributed by atoms with Crippen LogP contribution < -0.4 is 9.64 Å². The average Bonchev–Trinajstić information content (AvgIpc) is 3.44. The van der Waals surface area contributed by atoms with Gasteiger partial charge in [0.2, 0.25) is 11.9 Å². The molecule has 0 spiro atoms. The summed E-state index contributed by atoms with van der Waals surface area (Å²) in [6.45, 7) is 0.216. The lowest BCUT2D eigenvalue weighted by Crippen LogP contribution is -2.36. The summed E-state index contributed by atoms with van der Waals surface area (Å²) in [5, 5.41) is 0. The predicted octanol–water partition coefficient (Wildman–Crippen LogP) is 4.00. The maximum atomic E-state index is 14.5. The van der Waals surface area contributed by atoms with Gasteiger partial charge in [-0.1, -0.05) is 12.1 Å². The number of fused-ring (bicyclic) bond motifs is 3. The number of nitrogens with zero attached hydrogens (tertiary/aromatic N) is 5. The highest BCUT2D eigenvalue weighted by Crippen LogP contribution is 2.47. The Morgan fingerprint density at radius 3 is 2.89 bits per heavy atom. The third-order valence-electron chi connectivity index (χ3n) is 6.82. The van der Waals surface area contributed by atoms with E-state index in [1.165, 1.54) is 31.6 Å². The molecule has 4 heterocycles. The van der Waals surface area contributed by atoms with Crippen LogP contribution in [0.2, 0.25) is 0 Å². The minimum Gasteiger partial charge on any atom is -0.490 e. The highest BCUT2D eigenvalue weighted by atomic mass is 19.1. The molecule has 37 heavy (non-hydrogen) atoms. The second-order valence-corrected chi connectivity index (χ2v) is 8.88. The van der Waals surface area contributed by atoms with E-state index in [1.807, 2.05) is 0 Å². The highest BCUT2D eigenvalue weighted by Gasteiger charge is 2.44. The van der Waals surface area contributed by atoms with Crippen LogP contribution in [0.5, 0.6) is 5.75 Å². The molecule has 2 aromatic heterocycles. The number of amides is 1. The molecule has 11 heteroatoms. The largest absolute Gasteiger partial charge is 0.490 e. The number of hydrogen-bond acceptors (Lipinski definition) is 7. The Hall–Kier alpha value is -4.41. The lowest BCUT2D eigenvalue weighted by Gasteiger charge is -2.33. The number of rotatable bonds is 5. The first-order valence-electron chi connectivity index (χ1n) is 11.8. The van der Waals surface area contributed by atoms with E-state index in [9.17, 15) is 18.4 Å². The molecule has 2 aromatic carbocycles. The number of hydrogen-bond donors (Lipinski definition) is 0. The molecular weight excluding hydrogens is 484 g/mol. The van der Waals surface area contributed by atoms with Gasteiger partial charge >= 0.3 is 5.97 Å². The van der Waals surface area contributed by atoms with Gasteiger partial charge in [-0.25, -0.2) is 18.7 Å². The van der Waals surface area contributed by atoms with Crippen molar-refractivity contribution in [2.45, 2.75) is 31.2 Å². The van der Waals surface area contributed by atoms with Gasteiger partial charge in [0.15, 0.2) is 11.6 Å². The monoisotopic (exact) mass is 505 g/mol. The number of halogens is 2. The van der Waals surface area contributed by atoms with Crippen molar-refractivity contribution < 1.29 is 27.8 Å². The summed E-state index contributed by atoms with van der Waals surface area (Å²) in [7, 11) is 1.29.